The third kappa shape index (κ3) is 2.88. The maximum Gasteiger partial charge on any atom is 0.103 e. The Kier molecular flexibility index (Phi) is 4.26. The Morgan fingerprint density at radius 1 is 0.731 bits per heavy atom. The molecule has 1 unspecified atom stereocenters. The lowest BCUT2D eigenvalue weighted by Crippen LogP contribution is -2.34. The van der Waals surface area contributed by atoms with Crippen LogP contribution in [-0.2, 0) is 0 Å². The van der Waals surface area contributed by atoms with Gasteiger partial charge in [-0.1, -0.05) is 66.7 Å². The largest absolute Gasteiger partial charge is 0.353 e. The molecule has 26 heavy (non-hydrogen) atoms. The van der Waals surface area contributed by atoms with E-state index in [4.69, 9.17) is 0 Å². The van der Waals surface area contributed by atoms with E-state index in [0.29, 0.717) is 0 Å². The fraction of sp³-hybridized carbons (Fsp3) is 0.167. The van der Waals surface area contributed by atoms with Crippen LogP contribution < -0.4 is 4.90 Å². The molecule has 0 saturated heterocycles. The van der Waals surface area contributed by atoms with Crippen LogP contribution in [0.2, 0.25) is 0 Å². The summed E-state index contributed by atoms with van der Waals surface area (Å²) >= 11 is 0. The predicted molar refractivity (Wildman–Crippen MR) is 111 cm³/mol. The highest BCUT2D eigenvalue weighted by Gasteiger charge is 2.28. The second-order valence-electron chi connectivity index (χ2n) is 6.90. The molecule has 2 heteroatoms. The molecule has 0 aliphatic carbocycles. The second kappa shape index (κ2) is 6.72. The van der Waals surface area contributed by atoms with E-state index in [1.807, 2.05) is 0 Å². The van der Waals surface area contributed by atoms with Gasteiger partial charge in [0.15, 0.2) is 0 Å². The SMILES string of the molecule is Cc1cc(-c2ccccc2)ccc1N1C=C(c2ccccc2)N(C)C1C. The molecule has 0 aromatic heterocycles. The smallest absolute Gasteiger partial charge is 0.103 e. The van der Waals surface area contributed by atoms with E-state index in [1.54, 1.807) is 0 Å². The molecule has 0 N–H and O–H groups in total. The molecule has 0 bridgehead atoms. The van der Waals surface area contributed by atoms with Gasteiger partial charge < -0.3 is 9.80 Å². The Balaban J connectivity index is 1.70. The van der Waals surface area contributed by atoms with Gasteiger partial charge >= 0.3 is 0 Å². The monoisotopic (exact) mass is 340 g/mol. The minimum Gasteiger partial charge on any atom is -0.353 e. The van der Waals surface area contributed by atoms with Crippen molar-refractivity contribution in [3.05, 3.63) is 96.2 Å². The third-order valence-corrected chi connectivity index (χ3v) is 5.26. The van der Waals surface area contributed by atoms with E-state index in [0.717, 1.165) is 0 Å². The fourth-order valence-corrected chi connectivity index (χ4v) is 3.63. The van der Waals surface area contributed by atoms with Crippen molar-refractivity contribution in [1.29, 1.82) is 0 Å². The minimum absolute atomic E-state index is 0.284. The highest BCUT2D eigenvalue weighted by molar-refractivity contribution is 5.75. The van der Waals surface area contributed by atoms with Crippen molar-refractivity contribution in [3.63, 3.8) is 0 Å². The number of rotatable bonds is 3. The summed E-state index contributed by atoms with van der Waals surface area (Å²) in [6, 6.07) is 27.9. The van der Waals surface area contributed by atoms with Crippen LogP contribution in [0.4, 0.5) is 5.69 Å². The van der Waals surface area contributed by atoms with Gasteiger partial charge in [0.05, 0.1) is 5.70 Å². The van der Waals surface area contributed by atoms with Gasteiger partial charge in [-0.2, -0.15) is 0 Å². The van der Waals surface area contributed by atoms with Gasteiger partial charge in [0.25, 0.3) is 0 Å². The summed E-state index contributed by atoms with van der Waals surface area (Å²) in [6.07, 6.45) is 2.55. The lowest BCUT2D eigenvalue weighted by Gasteiger charge is -2.29. The lowest BCUT2D eigenvalue weighted by atomic mass is 10.0. The number of benzene rings is 3. The van der Waals surface area contributed by atoms with Crippen molar-refractivity contribution in [3.8, 4) is 11.1 Å². The van der Waals surface area contributed by atoms with Gasteiger partial charge in [-0.05, 0) is 48.2 Å². The van der Waals surface area contributed by atoms with Gasteiger partial charge in [0.1, 0.15) is 6.17 Å². The number of anilines is 1. The topological polar surface area (TPSA) is 6.48 Å². The normalized spacial score (nSPS) is 16.7. The van der Waals surface area contributed by atoms with Gasteiger partial charge in [-0.3, -0.25) is 0 Å². The van der Waals surface area contributed by atoms with Gasteiger partial charge in [-0.15, -0.1) is 0 Å². The Labute approximate surface area is 156 Å². The molecule has 1 aliphatic rings. The number of nitrogens with zero attached hydrogens (tertiary/aromatic N) is 2. The minimum atomic E-state index is 0.284. The maximum atomic E-state index is 2.37. The first kappa shape index (κ1) is 16.5. The van der Waals surface area contributed by atoms with Crippen molar-refractivity contribution in [1.82, 2.24) is 4.90 Å². The average Bonchev–Trinajstić information content (AvgIpc) is 2.98. The standard InChI is InChI=1S/C24H24N2/c1-18-16-22(20-10-6-4-7-11-20)14-15-23(18)26-17-24(25(3)19(26)2)21-12-8-5-9-13-21/h4-17,19H,1-3H3. The van der Waals surface area contributed by atoms with E-state index >= 15 is 0 Å². The van der Waals surface area contributed by atoms with Crippen LogP contribution in [0.15, 0.2) is 85.1 Å². The van der Waals surface area contributed by atoms with Gasteiger partial charge in [-0.25, -0.2) is 0 Å². The maximum absolute atomic E-state index is 2.37. The van der Waals surface area contributed by atoms with E-state index in [1.165, 1.54) is 33.6 Å². The van der Waals surface area contributed by atoms with E-state index < -0.39 is 0 Å². The van der Waals surface area contributed by atoms with Crippen molar-refractivity contribution in [2.24, 2.45) is 0 Å². The molecule has 1 aliphatic heterocycles. The summed E-state index contributed by atoms with van der Waals surface area (Å²) in [5.41, 5.74) is 7.58. The Hall–Kier alpha value is -3.00. The highest BCUT2D eigenvalue weighted by Crippen LogP contribution is 2.35. The first-order valence-corrected chi connectivity index (χ1v) is 9.09. The van der Waals surface area contributed by atoms with Crippen LogP contribution in [-0.4, -0.2) is 18.1 Å². The molecule has 2 nitrogen and oxygen atoms in total. The highest BCUT2D eigenvalue weighted by atomic mass is 15.4. The molecule has 0 fully saturated rings. The lowest BCUT2D eigenvalue weighted by molar-refractivity contribution is 0.399. The molecule has 3 aromatic rings. The summed E-state index contributed by atoms with van der Waals surface area (Å²) < 4.78 is 0. The molecular weight excluding hydrogens is 316 g/mol. The molecule has 4 rings (SSSR count). The number of hydrogen-bond donors (Lipinski definition) is 0. The summed E-state index contributed by atoms with van der Waals surface area (Å²) in [5.74, 6) is 0. The molecule has 0 spiro atoms. The van der Waals surface area contributed by atoms with Crippen LogP contribution in [0.5, 0.6) is 0 Å². The van der Waals surface area contributed by atoms with E-state index in [9.17, 15) is 0 Å². The zero-order chi connectivity index (χ0) is 18.1. The first-order chi connectivity index (χ1) is 12.6. The molecule has 1 atom stereocenters. The van der Waals surface area contributed by atoms with Crippen molar-refractivity contribution >= 4 is 11.4 Å². The molecule has 0 amide bonds. The average molecular weight is 340 g/mol. The molecule has 3 aromatic carbocycles. The molecule has 130 valence electrons. The van der Waals surface area contributed by atoms with E-state index in [2.05, 4.69) is 116 Å². The Morgan fingerprint density at radius 2 is 1.35 bits per heavy atom. The zero-order valence-corrected chi connectivity index (χ0v) is 15.6. The van der Waals surface area contributed by atoms with Crippen LogP contribution in [0.3, 0.4) is 0 Å². The van der Waals surface area contributed by atoms with Gasteiger partial charge in [0.2, 0.25) is 0 Å². The number of aryl methyl sites for hydroxylation is 1. The molecule has 0 saturated carbocycles. The van der Waals surface area contributed by atoms with Crippen LogP contribution in [0.1, 0.15) is 18.1 Å². The predicted octanol–water partition coefficient (Wildman–Crippen LogP) is 5.76. The molecule has 0 radical (unpaired) electrons. The molecular formula is C24H24N2. The van der Waals surface area contributed by atoms with Crippen LogP contribution in [0, 0.1) is 6.92 Å². The third-order valence-electron chi connectivity index (χ3n) is 5.26. The second-order valence-corrected chi connectivity index (χ2v) is 6.90. The number of hydrogen-bond acceptors (Lipinski definition) is 2. The first-order valence-electron chi connectivity index (χ1n) is 9.09. The van der Waals surface area contributed by atoms with Crippen LogP contribution >= 0.6 is 0 Å². The summed E-state index contributed by atoms with van der Waals surface area (Å²) in [6.45, 7) is 4.44. The van der Waals surface area contributed by atoms with E-state index in [-0.39, 0.29) is 6.17 Å². The Bertz CT molecular complexity index is 929. The van der Waals surface area contributed by atoms with Gasteiger partial charge in [0, 0.05) is 18.9 Å². The summed E-state index contributed by atoms with van der Waals surface area (Å²) in [4.78, 5) is 4.70. The van der Waals surface area contributed by atoms with Crippen LogP contribution in [0.25, 0.3) is 16.8 Å². The summed E-state index contributed by atoms with van der Waals surface area (Å²) in [5, 5.41) is 0. The Morgan fingerprint density at radius 3 is 1.96 bits per heavy atom. The fourth-order valence-electron chi connectivity index (χ4n) is 3.63. The molecule has 1 heterocycles. The van der Waals surface area contributed by atoms with Crippen molar-refractivity contribution < 1.29 is 0 Å². The van der Waals surface area contributed by atoms with Crippen molar-refractivity contribution in [2.75, 3.05) is 11.9 Å². The quantitative estimate of drug-likeness (QED) is 0.598. The zero-order valence-electron chi connectivity index (χ0n) is 15.6. The van der Waals surface area contributed by atoms with Crippen molar-refractivity contribution in [2.45, 2.75) is 20.0 Å². The summed E-state index contributed by atoms with van der Waals surface area (Å²) in [7, 11) is 2.16.